The molecule has 1 atom stereocenters. The zero-order valence-corrected chi connectivity index (χ0v) is 15.0. The van der Waals surface area contributed by atoms with Gasteiger partial charge in [-0.3, -0.25) is 9.79 Å². The van der Waals surface area contributed by atoms with Gasteiger partial charge in [0.05, 0.1) is 7.11 Å². The maximum absolute atomic E-state index is 10.9. The molecular formula is C14H28IN3O2. The lowest BCUT2D eigenvalue weighted by Crippen LogP contribution is -2.43. The van der Waals surface area contributed by atoms with E-state index in [-0.39, 0.29) is 29.9 Å². The van der Waals surface area contributed by atoms with E-state index in [0.717, 1.165) is 38.9 Å². The molecule has 118 valence electrons. The Hall–Kier alpha value is -0.530. The summed E-state index contributed by atoms with van der Waals surface area (Å²) in [5, 5.41) is 0. The van der Waals surface area contributed by atoms with Crippen LogP contribution in [0.1, 0.15) is 45.4 Å². The highest BCUT2D eigenvalue weighted by molar-refractivity contribution is 14.0. The van der Waals surface area contributed by atoms with E-state index < -0.39 is 0 Å². The van der Waals surface area contributed by atoms with Gasteiger partial charge in [-0.1, -0.05) is 13.3 Å². The van der Waals surface area contributed by atoms with Crippen LogP contribution in [-0.2, 0) is 9.53 Å². The molecule has 1 unspecified atom stereocenters. The third-order valence-electron chi connectivity index (χ3n) is 3.52. The number of halogens is 1. The first-order valence-electron chi connectivity index (χ1n) is 7.25. The highest BCUT2D eigenvalue weighted by Gasteiger charge is 2.17. The van der Waals surface area contributed by atoms with Crippen LogP contribution in [0.5, 0.6) is 0 Å². The predicted molar refractivity (Wildman–Crippen MR) is 92.4 cm³/mol. The highest BCUT2D eigenvalue weighted by Crippen LogP contribution is 2.14. The molecule has 6 heteroatoms. The summed E-state index contributed by atoms with van der Waals surface area (Å²) in [7, 11) is 1.42. The highest BCUT2D eigenvalue weighted by atomic mass is 127. The van der Waals surface area contributed by atoms with Crippen LogP contribution in [0.4, 0.5) is 0 Å². The van der Waals surface area contributed by atoms with Crippen molar-refractivity contribution in [1.29, 1.82) is 0 Å². The zero-order valence-electron chi connectivity index (χ0n) is 12.6. The van der Waals surface area contributed by atoms with Gasteiger partial charge in [0, 0.05) is 26.1 Å². The zero-order chi connectivity index (χ0) is 14.1. The third kappa shape index (κ3) is 7.91. The van der Waals surface area contributed by atoms with Gasteiger partial charge >= 0.3 is 5.97 Å². The van der Waals surface area contributed by atoms with Crippen molar-refractivity contribution >= 4 is 35.9 Å². The smallest absolute Gasteiger partial charge is 0.305 e. The number of carbonyl (C=O) groups is 1. The maximum Gasteiger partial charge on any atom is 0.305 e. The van der Waals surface area contributed by atoms with Crippen molar-refractivity contribution in [2.75, 3.05) is 26.7 Å². The number of ether oxygens (including phenoxy) is 1. The van der Waals surface area contributed by atoms with Gasteiger partial charge in [0.25, 0.3) is 0 Å². The fourth-order valence-electron chi connectivity index (χ4n) is 2.35. The van der Waals surface area contributed by atoms with Gasteiger partial charge in [-0.15, -0.1) is 24.0 Å². The Morgan fingerprint density at radius 3 is 2.80 bits per heavy atom. The average molecular weight is 397 g/mol. The summed E-state index contributed by atoms with van der Waals surface area (Å²) in [4.78, 5) is 17.5. The molecule has 0 saturated carbocycles. The van der Waals surface area contributed by atoms with Crippen molar-refractivity contribution in [3.63, 3.8) is 0 Å². The number of piperidine rings is 1. The number of rotatable bonds is 6. The Morgan fingerprint density at radius 1 is 1.40 bits per heavy atom. The number of hydrogen-bond acceptors (Lipinski definition) is 3. The second kappa shape index (κ2) is 11.2. The second-order valence-electron chi connectivity index (χ2n) is 5.32. The molecule has 1 rings (SSSR count). The van der Waals surface area contributed by atoms with Crippen LogP contribution in [0.25, 0.3) is 0 Å². The molecule has 0 aliphatic carbocycles. The molecule has 0 aromatic heterocycles. The molecule has 1 heterocycles. The molecular weight excluding hydrogens is 369 g/mol. The minimum Gasteiger partial charge on any atom is -0.469 e. The molecule has 0 radical (unpaired) electrons. The fourth-order valence-corrected chi connectivity index (χ4v) is 2.35. The SMILES string of the molecule is COC(=O)CCCCCN=C(N)N1CCCC(C)C1.I. The molecule has 0 aromatic carbocycles. The molecule has 1 fully saturated rings. The van der Waals surface area contributed by atoms with Gasteiger partial charge in [0.1, 0.15) is 0 Å². The summed E-state index contributed by atoms with van der Waals surface area (Å²) in [6, 6.07) is 0. The van der Waals surface area contributed by atoms with Gasteiger partial charge in [-0.2, -0.15) is 0 Å². The van der Waals surface area contributed by atoms with Gasteiger partial charge in [-0.05, 0) is 31.6 Å². The van der Waals surface area contributed by atoms with E-state index in [1.807, 2.05) is 0 Å². The van der Waals surface area contributed by atoms with E-state index in [2.05, 4.69) is 21.6 Å². The van der Waals surface area contributed by atoms with Crippen LogP contribution in [0.2, 0.25) is 0 Å². The lowest BCUT2D eigenvalue weighted by Gasteiger charge is -2.31. The molecule has 20 heavy (non-hydrogen) atoms. The number of nitrogens with zero attached hydrogens (tertiary/aromatic N) is 2. The Kier molecular flexibility index (Phi) is 10.9. The normalized spacial score (nSPS) is 19.4. The summed E-state index contributed by atoms with van der Waals surface area (Å²) in [6.07, 6.45) is 5.82. The first kappa shape index (κ1) is 19.5. The number of likely N-dealkylation sites (tertiary alicyclic amines) is 1. The first-order valence-corrected chi connectivity index (χ1v) is 7.25. The van der Waals surface area contributed by atoms with E-state index in [4.69, 9.17) is 5.73 Å². The van der Waals surface area contributed by atoms with Gasteiger partial charge in [0.2, 0.25) is 0 Å². The Bertz CT molecular complexity index is 311. The quantitative estimate of drug-likeness (QED) is 0.246. The molecule has 5 nitrogen and oxygen atoms in total. The van der Waals surface area contributed by atoms with Crippen molar-refractivity contribution < 1.29 is 9.53 Å². The van der Waals surface area contributed by atoms with Crippen LogP contribution in [-0.4, -0.2) is 43.6 Å². The molecule has 2 N–H and O–H groups in total. The van der Waals surface area contributed by atoms with E-state index in [0.29, 0.717) is 18.3 Å². The summed E-state index contributed by atoms with van der Waals surface area (Å²) < 4.78 is 4.59. The Morgan fingerprint density at radius 2 is 2.15 bits per heavy atom. The molecule has 1 aliphatic heterocycles. The van der Waals surface area contributed by atoms with Crippen molar-refractivity contribution in [1.82, 2.24) is 4.90 Å². The summed E-state index contributed by atoms with van der Waals surface area (Å²) >= 11 is 0. The number of nitrogens with two attached hydrogens (primary N) is 1. The second-order valence-corrected chi connectivity index (χ2v) is 5.32. The van der Waals surface area contributed by atoms with E-state index in [1.54, 1.807) is 0 Å². The average Bonchev–Trinajstić information content (AvgIpc) is 2.42. The number of guanidine groups is 1. The summed E-state index contributed by atoms with van der Waals surface area (Å²) in [6.45, 7) is 5.06. The molecule has 0 bridgehead atoms. The maximum atomic E-state index is 10.9. The van der Waals surface area contributed by atoms with E-state index in [1.165, 1.54) is 20.0 Å². The summed E-state index contributed by atoms with van der Waals surface area (Å²) in [5.41, 5.74) is 6.00. The fraction of sp³-hybridized carbons (Fsp3) is 0.857. The lowest BCUT2D eigenvalue weighted by atomic mass is 10.0. The first-order chi connectivity index (χ1) is 9.13. The van der Waals surface area contributed by atoms with Crippen molar-refractivity contribution in [3.05, 3.63) is 0 Å². The van der Waals surface area contributed by atoms with Crippen LogP contribution in [0, 0.1) is 5.92 Å². The number of esters is 1. The summed E-state index contributed by atoms with van der Waals surface area (Å²) in [5.74, 6) is 1.26. The van der Waals surface area contributed by atoms with E-state index in [9.17, 15) is 4.79 Å². The number of aliphatic imine (C=N–C) groups is 1. The topological polar surface area (TPSA) is 67.9 Å². The molecule has 0 amide bonds. The van der Waals surface area contributed by atoms with Crippen molar-refractivity contribution in [2.24, 2.45) is 16.6 Å². The number of methoxy groups -OCH3 is 1. The standard InChI is InChI=1S/C14H27N3O2.HI/c1-12-7-6-10-17(11-12)14(15)16-9-5-3-4-8-13(18)19-2;/h12H,3-11H2,1-2H3,(H2,15,16);1H. The number of carbonyl (C=O) groups excluding carboxylic acids is 1. The number of hydrogen-bond donors (Lipinski definition) is 1. The van der Waals surface area contributed by atoms with Crippen LogP contribution >= 0.6 is 24.0 Å². The van der Waals surface area contributed by atoms with Crippen LogP contribution in [0.3, 0.4) is 0 Å². The minimum atomic E-state index is -0.134. The monoisotopic (exact) mass is 397 g/mol. The van der Waals surface area contributed by atoms with Gasteiger partial charge in [0.15, 0.2) is 5.96 Å². The van der Waals surface area contributed by atoms with Gasteiger partial charge < -0.3 is 15.4 Å². The Balaban J connectivity index is 0.00000361. The molecule has 1 saturated heterocycles. The molecule has 0 spiro atoms. The molecule has 0 aromatic rings. The largest absolute Gasteiger partial charge is 0.469 e. The predicted octanol–water partition coefficient (Wildman–Crippen LogP) is 2.38. The minimum absolute atomic E-state index is 0. The number of unbranched alkanes of at least 4 members (excludes halogenated alkanes) is 2. The van der Waals surface area contributed by atoms with Gasteiger partial charge in [-0.25, -0.2) is 0 Å². The van der Waals surface area contributed by atoms with Crippen molar-refractivity contribution in [2.45, 2.75) is 45.4 Å². The van der Waals surface area contributed by atoms with Crippen LogP contribution in [0.15, 0.2) is 4.99 Å². The molecule has 1 aliphatic rings. The van der Waals surface area contributed by atoms with Crippen molar-refractivity contribution in [3.8, 4) is 0 Å². The van der Waals surface area contributed by atoms with Crippen LogP contribution < -0.4 is 5.73 Å². The Labute approximate surface area is 139 Å². The lowest BCUT2D eigenvalue weighted by molar-refractivity contribution is -0.140. The van der Waals surface area contributed by atoms with E-state index >= 15 is 0 Å². The third-order valence-corrected chi connectivity index (χ3v) is 3.52.